The van der Waals surface area contributed by atoms with Crippen molar-refractivity contribution in [3.63, 3.8) is 0 Å². The number of halogens is 1. The van der Waals surface area contributed by atoms with Crippen molar-refractivity contribution in [1.82, 2.24) is 10.3 Å². The van der Waals surface area contributed by atoms with E-state index in [4.69, 9.17) is 5.14 Å². The smallest absolute Gasteiger partial charge is 0.238 e. The molecule has 0 fully saturated rings. The number of rotatable bonds is 6. The number of hydrogen-bond acceptors (Lipinski definition) is 4. The Balaban J connectivity index is 0.00000220. The first-order valence-electron chi connectivity index (χ1n) is 6.27. The molecule has 0 radical (unpaired) electrons. The van der Waals surface area contributed by atoms with Gasteiger partial charge in [-0.15, -0.1) is 12.4 Å². The molecule has 2 aromatic rings. The van der Waals surface area contributed by atoms with E-state index in [9.17, 15) is 8.42 Å². The van der Waals surface area contributed by atoms with Crippen LogP contribution in [-0.2, 0) is 23.0 Å². The van der Waals surface area contributed by atoms with Crippen LogP contribution in [0, 0.1) is 0 Å². The number of nitrogens with two attached hydrogens (primary N) is 1. The van der Waals surface area contributed by atoms with E-state index >= 15 is 0 Å². The summed E-state index contributed by atoms with van der Waals surface area (Å²) >= 11 is 0. The molecule has 3 N–H and O–H groups in total. The van der Waals surface area contributed by atoms with E-state index in [0.717, 1.165) is 25.1 Å². The van der Waals surface area contributed by atoms with Gasteiger partial charge < -0.3 is 5.32 Å². The summed E-state index contributed by atoms with van der Waals surface area (Å²) < 4.78 is 22.2. The first-order valence-corrected chi connectivity index (χ1v) is 7.82. The Morgan fingerprint density at radius 2 is 1.62 bits per heavy atom. The summed E-state index contributed by atoms with van der Waals surface area (Å²) in [5, 5.41) is 8.37. The molecular formula is C14H18ClN3O2S. The Hall–Kier alpha value is -1.47. The van der Waals surface area contributed by atoms with Gasteiger partial charge >= 0.3 is 0 Å². The van der Waals surface area contributed by atoms with Gasteiger partial charge in [-0.1, -0.05) is 12.1 Å². The normalized spacial score (nSPS) is 10.9. The molecule has 0 saturated heterocycles. The Labute approximate surface area is 131 Å². The number of sulfonamides is 1. The van der Waals surface area contributed by atoms with Crippen LogP contribution in [0.5, 0.6) is 0 Å². The van der Waals surface area contributed by atoms with Crippen molar-refractivity contribution in [1.29, 1.82) is 0 Å². The number of benzene rings is 1. The van der Waals surface area contributed by atoms with E-state index in [1.54, 1.807) is 24.5 Å². The highest BCUT2D eigenvalue weighted by Gasteiger charge is 2.06. The molecule has 0 saturated carbocycles. The third kappa shape index (κ3) is 5.81. The minimum atomic E-state index is -3.60. The topological polar surface area (TPSA) is 85.1 Å². The molecule has 0 bridgehead atoms. The van der Waals surface area contributed by atoms with Crippen LogP contribution in [-0.4, -0.2) is 19.9 Å². The van der Waals surface area contributed by atoms with E-state index in [2.05, 4.69) is 10.3 Å². The van der Waals surface area contributed by atoms with Gasteiger partial charge in [0, 0.05) is 18.9 Å². The fourth-order valence-electron chi connectivity index (χ4n) is 1.81. The molecule has 0 atom stereocenters. The van der Waals surface area contributed by atoms with Crippen molar-refractivity contribution >= 4 is 22.4 Å². The molecule has 0 aliphatic heterocycles. The highest BCUT2D eigenvalue weighted by Crippen LogP contribution is 2.09. The van der Waals surface area contributed by atoms with Crippen LogP contribution < -0.4 is 10.5 Å². The summed E-state index contributed by atoms with van der Waals surface area (Å²) in [7, 11) is -3.60. The van der Waals surface area contributed by atoms with Gasteiger partial charge in [-0.05, 0) is 48.4 Å². The maximum atomic E-state index is 11.1. The van der Waals surface area contributed by atoms with Gasteiger partial charge in [-0.3, -0.25) is 4.98 Å². The second-order valence-electron chi connectivity index (χ2n) is 4.47. The molecule has 2 rings (SSSR count). The third-order valence-electron chi connectivity index (χ3n) is 2.92. The summed E-state index contributed by atoms with van der Waals surface area (Å²) in [5.41, 5.74) is 2.25. The Bertz CT molecular complexity index is 646. The lowest BCUT2D eigenvalue weighted by Crippen LogP contribution is -2.17. The summed E-state index contributed by atoms with van der Waals surface area (Å²) in [5.74, 6) is 0. The number of nitrogens with one attached hydrogen (secondary N) is 1. The van der Waals surface area contributed by atoms with Crippen LogP contribution in [0.25, 0.3) is 0 Å². The molecule has 0 spiro atoms. The monoisotopic (exact) mass is 327 g/mol. The number of hydrogen-bond donors (Lipinski definition) is 2. The molecule has 1 aromatic carbocycles. The van der Waals surface area contributed by atoms with Gasteiger partial charge in [0.2, 0.25) is 10.0 Å². The van der Waals surface area contributed by atoms with E-state index < -0.39 is 10.0 Å². The standard InChI is InChI=1S/C14H17N3O2S.ClH/c15-20(18,19)14-3-1-12(2-4-14)5-10-17-11-13-6-8-16-9-7-13;/h1-4,6-9,17H,5,10-11H2,(H2,15,18,19);1H. The summed E-state index contributed by atoms with van der Waals surface area (Å²) in [6, 6.07) is 10.6. The van der Waals surface area contributed by atoms with Crippen molar-refractivity contribution < 1.29 is 8.42 Å². The largest absolute Gasteiger partial charge is 0.312 e. The second kappa shape index (κ2) is 8.09. The zero-order chi connectivity index (χ0) is 14.4. The molecule has 0 unspecified atom stereocenters. The van der Waals surface area contributed by atoms with Gasteiger partial charge in [-0.2, -0.15) is 0 Å². The van der Waals surface area contributed by atoms with E-state index in [-0.39, 0.29) is 17.3 Å². The molecule has 0 aliphatic rings. The lowest BCUT2D eigenvalue weighted by molar-refractivity contribution is 0.597. The highest BCUT2D eigenvalue weighted by atomic mass is 35.5. The van der Waals surface area contributed by atoms with Gasteiger partial charge in [0.15, 0.2) is 0 Å². The minimum absolute atomic E-state index is 0. The number of aromatic nitrogens is 1. The predicted molar refractivity (Wildman–Crippen MR) is 84.7 cm³/mol. The van der Waals surface area contributed by atoms with Crippen molar-refractivity contribution in [2.45, 2.75) is 17.9 Å². The molecule has 1 heterocycles. The number of primary sulfonamides is 1. The van der Waals surface area contributed by atoms with Crippen molar-refractivity contribution in [2.24, 2.45) is 5.14 Å². The zero-order valence-electron chi connectivity index (χ0n) is 11.4. The molecule has 7 heteroatoms. The number of pyridine rings is 1. The van der Waals surface area contributed by atoms with Crippen LogP contribution in [0.3, 0.4) is 0 Å². The van der Waals surface area contributed by atoms with Gasteiger partial charge in [-0.25, -0.2) is 13.6 Å². The van der Waals surface area contributed by atoms with Crippen molar-refractivity contribution in [3.05, 3.63) is 59.9 Å². The molecule has 114 valence electrons. The summed E-state index contributed by atoms with van der Waals surface area (Å²) in [6.45, 7) is 1.61. The second-order valence-corrected chi connectivity index (χ2v) is 6.03. The molecular weight excluding hydrogens is 310 g/mol. The fraction of sp³-hybridized carbons (Fsp3) is 0.214. The Morgan fingerprint density at radius 3 is 2.19 bits per heavy atom. The predicted octanol–water partition coefficient (Wildman–Crippen LogP) is 1.48. The van der Waals surface area contributed by atoms with Crippen molar-refractivity contribution in [3.8, 4) is 0 Å². The van der Waals surface area contributed by atoms with Gasteiger partial charge in [0.1, 0.15) is 0 Å². The summed E-state index contributed by atoms with van der Waals surface area (Å²) in [6.07, 6.45) is 4.36. The highest BCUT2D eigenvalue weighted by molar-refractivity contribution is 7.89. The Morgan fingerprint density at radius 1 is 1.00 bits per heavy atom. The van der Waals surface area contributed by atoms with Gasteiger partial charge in [0.05, 0.1) is 4.90 Å². The third-order valence-corrected chi connectivity index (χ3v) is 3.85. The molecule has 0 amide bonds. The average molecular weight is 328 g/mol. The van der Waals surface area contributed by atoms with E-state index in [1.807, 2.05) is 12.1 Å². The maximum Gasteiger partial charge on any atom is 0.238 e. The summed E-state index contributed by atoms with van der Waals surface area (Å²) in [4.78, 5) is 4.11. The van der Waals surface area contributed by atoms with Crippen LogP contribution in [0.4, 0.5) is 0 Å². The van der Waals surface area contributed by atoms with Crippen molar-refractivity contribution in [2.75, 3.05) is 6.54 Å². The SMILES string of the molecule is Cl.NS(=O)(=O)c1ccc(CCNCc2ccncc2)cc1. The zero-order valence-corrected chi connectivity index (χ0v) is 13.0. The minimum Gasteiger partial charge on any atom is -0.312 e. The van der Waals surface area contributed by atoms with E-state index in [1.165, 1.54) is 17.7 Å². The molecule has 1 aromatic heterocycles. The molecule has 21 heavy (non-hydrogen) atoms. The molecule has 0 aliphatic carbocycles. The van der Waals surface area contributed by atoms with Crippen LogP contribution in [0.1, 0.15) is 11.1 Å². The van der Waals surface area contributed by atoms with Crippen LogP contribution >= 0.6 is 12.4 Å². The quantitative estimate of drug-likeness (QED) is 0.787. The Kier molecular flexibility index (Phi) is 6.77. The van der Waals surface area contributed by atoms with Crippen LogP contribution in [0.2, 0.25) is 0 Å². The fourth-order valence-corrected chi connectivity index (χ4v) is 2.33. The molecule has 5 nitrogen and oxygen atoms in total. The average Bonchev–Trinajstić information content (AvgIpc) is 2.44. The lowest BCUT2D eigenvalue weighted by Gasteiger charge is -2.05. The maximum absolute atomic E-state index is 11.1. The first kappa shape index (κ1) is 17.6. The number of nitrogens with zero attached hydrogens (tertiary/aromatic N) is 1. The van der Waals surface area contributed by atoms with E-state index in [0.29, 0.717) is 0 Å². The van der Waals surface area contributed by atoms with Crippen LogP contribution in [0.15, 0.2) is 53.7 Å². The lowest BCUT2D eigenvalue weighted by atomic mass is 10.1. The van der Waals surface area contributed by atoms with Gasteiger partial charge in [0.25, 0.3) is 0 Å². The first-order chi connectivity index (χ1) is 9.55.